The number of hydrogen-bond donors (Lipinski definition) is 0. The Morgan fingerprint density at radius 3 is 2.28 bits per heavy atom. The molecule has 1 aromatic rings. The summed E-state index contributed by atoms with van der Waals surface area (Å²) in [4.78, 5) is 12.0. The van der Waals surface area contributed by atoms with E-state index in [1.54, 1.807) is 0 Å². The molecule has 0 atom stereocenters. The molecule has 0 amide bonds. The minimum Gasteiger partial charge on any atom is -0.294 e. The summed E-state index contributed by atoms with van der Waals surface area (Å²) in [5.41, 5.74) is 1.29. The molecular formula is C16H21NO. The standard InChI is InChI=1S/C14H15NO.C2H6/c1-10(2)13(16)11-5-3-4-6-12(11)14(9-15)7-8-14;1-2/h3-6,10H,7-8H2,1-2H3;1-2H3. The van der Waals surface area contributed by atoms with Crippen LogP contribution in [0.2, 0.25) is 0 Å². The Balaban J connectivity index is 0.000000771. The van der Waals surface area contributed by atoms with E-state index >= 15 is 0 Å². The lowest BCUT2D eigenvalue weighted by Gasteiger charge is -2.13. The molecule has 18 heavy (non-hydrogen) atoms. The lowest BCUT2D eigenvalue weighted by atomic mass is 9.88. The van der Waals surface area contributed by atoms with E-state index < -0.39 is 0 Å². The first kappa shape index (κ1) is 14.4. The highest BCUT2D eigenvalue weighted by atomic mass is 16.1. The van der Waals surface area contributed by atoms with E-state index in [0.717, 1.165) is 24.0 Å². The van der Waals surface area contributed by atoms with E-state index in [2.05, 4.69) is 6.07 Å². The number of nitriles is 1. The van der Waals surface area contributed by atoms with Crippen LogP contribution in [0.15, 0.2) is 24.3 Å². The van der Waals surface area contributed by atoms with Crippen LogP contribution in [0.25, 0.3) is 0 Å². The van der Waals surface area contributed by atoms with E-state index in [9.17, 15) is 10.1 Å². The highest BCUT2D eigenvalue weighted by Crippen LogP contribution is 2.48. The van der Waals surface area contributed by atoms with Crippen molar-refractivity contribution in [3.05, 3.63) is 35.4 Å². The van der Waals surface area contributed by atoms with Crippen molar-refractivity contribution in [2.75, 3.05) is 0 Å². The van der Waals surface area contributed by atoms with Crippen LogP contribution in [0, 0.1) is 17.2 Å². The summed E-state index contributed by atoms with van der Waals surface area (Å²) in [5, 5.41) is 9.19. The van der Waals surface area contributed by atoms with E-state index in [4.69, 9.17) is 0 Å². The van der Waals surface area contributed by atoms with Crippen molar-refractivity contribution in [3.8, 4) is 6.07 Å². The monoisotopic (exact) mass is 243 g/mol. The topological polar surface area (TPSA) is 40.9 Å². The fourth-order valence-corrected chi connectivity index (χ4v) is 1.99. The number of Topliss-reactive ketones (excluding diaryl/α,β-unsaturated/α-hetero) is 1. The summed E-state index contributed by atoms with van der Waals surface area (Å²) in [6.07, 6.45) is 1.76. The quantitative estimate of drug-likeness (QED) is 0.750. The van der Waals surface area contributed by atoms with Gasteiger partial charge in [0.1, 0.15) is 0 Å². The molecule has 1 fully saturated rings. The van der Waals surface area contributed by atoms with E-state index in [1.165, 1.54) is 0 Å². The Morgan fingerprint density at radius 2 is 1.83 bits per heavy atom. The van der Waals surface area contributed by atoms with Gasteiger partial charge in [-0.3, -0.25) is 4.79 Å². The van der Waals surface area contributed by atoms with Gasteiger partial charge in [0.15, 0.2) is 5.78 Å². The number of carbonyl (C=O) groups is 1. The zero-order valence-corrected chi connectivity index (χ0v) is 11.7. The number of carbonyl (C=O) groups excluding carboxylic acids is 1. The molecule has 96 valence electrons. The van der Waals surface area contributed by atoms with Crippen LogP contribution in [0.4, 0.5) is 0 Å². The van der Waals surface area contributed by atoms with Crippen molar-refractivity contribution in [2.24, 2.45) is 5.92 Å². The van der Waals surface area contributed by atoms with Gasteiger partial charge in [-0.1, -0.05) is 52.0 Å². The third kappa shape index (κ3) is 2.61. The summed E-state index contributed by atoms with van der Waals surface area (Å²) in [6, 6.07) is 9.89. The number of nitrogens with zero attached hydrogens (tertiary/aromatic N) is 1. The van der Waals surface area contributed by atoms with Gasteiger partial charge in [-0.15, -0.1) is 0 Å². The predicted octanol–water partition coefficient (Wildman–Crippen LogP) is 4.11. The molecule has 0 N–H and O–H groups in total. The Bertz CT molecular complexity index is 464. The molecule has 2 heteroatoms. The Hall–Kier alpha value is -1.62. The highest BCUT2D eigenvalue weighted by molar-refractivity contribution is 5.99. The van der Waals surface area contributed by atoms with E-state index in [0.29, 0.717) is 0 Å². The Labute approximate surface area is 110 Å². The molecule has 0 aliphatic heterocycles. The fraction of sp³-hybridized carbons (Fsp3) is 0.500. The van der Waals surface area contributed by atoms with Crippen LogP contribution in [-0.2, 0) is 5.41 Å². The molecule has 1 saturated carbocycles. The number of hydrogen-bond acceptors (Lipinski definition) is 2. The average Bonchev–Trinajstić information content (AvgIpc) is 3.21. The molecule has 0 radical (unpaired) electrons. The van der Waals surface area contributed by atoms with Crippen molar-refractivity contribution in [3.63, 3.8) is 0 Å². The second kappa shape index (κ2) is 5.82. The number of benzene rings is 1. The molecule has 0 aromatic heterocycles. The summed E-state index contributed by atoms with van der Waals surface area (Å²) >= 11 is 0. The maximum absolute atomic E-state index is 12.0. The number of rotatable bonds is 3. The summed E-state index contributed by atoms with van der Waals surface area (Å²) < 4.78 is 0. The van der Waals surface area contributed by atoms with E-state index in [-0.39, 0.29) is 17.1 Å². The molecule has 0 bridgehead atoms. The van der Waals surface area contributed by atoms with Crippen LogP contribution in [0.5, 0.6) is 0 Å². The molecule has 0 saturated heterocycles. The third-order valence-electron chi connectivity index (χ3n) is 3.20. The zero-order chi connectivity index (χ0) is 13.8. The first-order valence-electron chi connectivity index (χ1n) is 6.66. The first-order chi connectivity index (χ1) is 8.60. The normalized spacial score (nSPS) is 15.3. The SMILES string of the molecule is CC.CC(C)C(=O)c1ccccc1C1(C#N)CC1. The average molecular weight is 243 g/mol. The van der Waals surface area contributed by atoms with Gasteiger partial charge >= 0.3 is 0 Å². The Morgan fingerprint density at radius 1 is 1.28 bits per heavy atom. The van der Waals surface area contributed by atoms with Gasteiger partial charge in [-0.25, -0.2) is 0 Å². The molecule has 2 rings (SSSR count). The van der Waals surface area contributed by atoms with Crippen molar-refractivity contribution >= 4 is 5.78 Å². The van der Waals surface area contributed by atoms with Crippen LogP contribution in [-0.4, -0.2) is 5.78 Å². The number of ketones is 1. The first-order valence-corrected chi connectivity index (χ1v) is 6.66. The second-order valence-corrected chi connectivity index (χ2v) is 4.76. The van der Waals surface area contributed by atoms with Crippen LogP contribution in [0.1, 0.15) is 56.5 Å². The minimum atomic E-state index is -0.374. The van der Waals surface area contributed by atoms with Gasteiger partial charge in [0, 0.05) is 11.5 Å². The molecule has 1 aliphatic carbocycles. The van der Waals surface area contributed by atoms with Crippen molar-refractivity contribution < 1.29 is 4.79 Å². The van der Waals surface area contributed by atoms with Crippen LogP contribution < -0.4 is 0 Å². The van der Waals surface area contributed by atoms with E-state index in [1.807, 2.05) is 52.0 Å². The maximum atomic E-state index is 12.0. The summed E-state index contributed by atoms with van der Waals surface area (Å²) in [5.74, 6) is 0.118. The Kier molecular flexibility index (Phi) is 4.67. The summed E-state index contributed by atoms with van der Waals surface area (Å²) in [7, 11) is 0. The lowest BCUT2D eigenvalue weighted by molar-refractivity contribution is 0.0938. The third-order valence-corrected chi connectivity index (χ3v) is 3.20. The molecule has 1 aromatic carbocycles. The molecule has 1 aliphatic rings. The van der Waals surface area contributed by atoms with Gasteiger partial charge in [0.2, 0.25) is 0 Å². The minimum absolute atomic E-state index is 0.0179. The van der Waals surface area contributed by atoms with Gasteiger partial charge in [-0.2, -0.15) is 5.26 Å². The zero-order valence-electron chi connectivity index (χ0n) is 11.7. The van der Waals surface area contributed by atoms with Gasteiger partial charge in [0.25, 0.3) is 0 Å². The van der Waals surface area contributed by atoms with Crippen molar-refractivity contribution in [1.29, 1.82) is 5.26 Å². The van der Waals surface area contributed by atoms with Crippen LogP contribution >= 0.6 is 0 Å². The van der Waals surface area contributed by atoms with Gasteiger partial charge < -0.3 is 0 Å². The van der Waals surface area contributed by atoms with Gasteiger partial charge in [-0.05, 0) is 18.4 Å². The van der Waals surface area contributed by atoms with Crippen molar-refractivity contribution in [2.45, 2.75) is 46.0 Å². The van der Waals surface area contributed by atoms with Gasteiger partial charge in [0.05, 0.1) is 11.5 Å². The predicted molar refractivity (Wildman–Crippen MR) is 73.5 cm³/mol. The molecule has 0 spiro atoms. The highest BCUT2D eigenvalue weighted by Gasteiger charge is 2.46. The maximum Gasteiger partial charge on any atom is 0.165 e. The second-order valence-electron chi connectivity index (χ2n) is 4.76. The van der Waals surface area contributed by atoms with Crippen LogP contribution in [0.3, 0.4) is 0 Å². The lowest BCUT2D eigenvalue weighted by Crippen LogP contribution is -2.15. The summed E-state index contributed by atoms with van der Waals surface area (Å²) in [6.45, 7) is 7.79. The largest absolute Gasteiger partial charge is 0.294 e. The smallest absolute Gasteiger partial charge is 0.165 e. The molecular weight excluding hydrogens is 222 g/mol. The molecule has 2 nitrogen and oxygen atoms in total. The molecule has 0 heterocycles. The van der Waals surface area contributed by atoms with Crippen molar-refractivity contribution in [1.82, 2.24) is 0 Å². The molecule has 0 unspecified atom stereocenters. The fourth-order valence-electron chi connectivity index (χ4n) is 1.99.